The number of aromatic hydroxyl groups is 1. The number of nitrogens with zero attached hydrogens (tertiary/aromatic N) is 1. The van der Waals surface area contributed by atoms with Crippen molar-refractivity contribution in [1.82, 2.24) is 4.98 Å². The second-order valence-corrected chi connectivity index (χ2v) is 5.49. The number of anilines is 1. The maximum Gasteiger partial charge on any atom is 0.161 e. The van der Waals surface area contributed by atoms with Gasteiger partial charge in [0.1, 0.15) is 11.8 Å². The lowest BCUT2D eigenvalue weighted by Gasteiger charge is -2.22. The van der Waals surface area contributed by atoms with Crippen LogP contribution in [0.2, 0.25) is 5.02 Å². The van der Waals surface area contributed by atoms with Gasteiger partial charge in [0.15, 0.2) is 5.78 Å². The fourth-order valence-corrected chi connectivity index (χ4v) is 2.46. The van der Waals surface area contributed by atoms with Crippen molar-refractivity contribution in [1.29, 1.82) is 0 Å². The van der Waals surface area contributed by atoms with Crippen LogP contribution < -0.4 is 5.32 Å². The Hall–Kier alpha value is -2.53. The molecule has 6 heteroatoms. The van der Waals surface area contributed by atoms with Crippen molar-refractivity contribution >= 4 is 23.1 Å². The van der Waals surface area contributed by atoms with Crippen LogP contribution in [0.15, 0.2) is 53.9 Å². The van der Waals surface area contributed by atoms with E-state index in [1.165, 1.54) is 26.0 Å². The van der Waals surface area contributed by atoms with Crippen LogP contribution in [0.4, 0.5) is 5.69 Å². The number of benzene rings is 1. The summed E-state index contributed by atoms with van der Waals surface area (Å²) in [6.07, 6.45) is 1.59. The molecule has 0 bridgehead atoms. The highest BCUT2D eigenvalue weighted by Gasteiger charge is 2.25. The van der Waals surface area contributed by atoms with Gasteiger partial charge in [0.05, 0.1) is 22.7 Å². The lowest BCUT2D eigenvalue weighted by atomic mass is 9.98. The molecule has 1 aromatic heterocycles. The Kier molecular flexibility index (Phi) is 5.24. The van der Waals surface area contributed by atoms with Gasteiger partial charge in [-0.25, -0.2) is 0 Å². The lowest BCUT2D eigenvalue weighted by Crippen LogP contribution is -2.20. The third kappa shape index (κ3) is 4.02. The third-order valence-electron chi connectivity index (χ3n) is 3.30. The summed E-state index contributed by atoms with van der Waals surface area (Å²) >= 11 is 5.96. The van der Waals surface area contributed by atoms with E-state index in [-0.39, 0.29) is 22.9 Å². The van der Waals surface area contributed by atoms with Gasteiger partial charge in [-0.2, -0.15) is 0 Å². The number of halogens is 1. The zero-order valence-corrected chi connectivity index (χ0v) is 13.5. The molecule has 0 aliphatic carbocycles. The number of carbonyl (C=O) groups is 1. The molecule has 1 atom stereocenters. The van der Waals surface area contributed by atoms with Gasteiger partial charge in [-0.3, -0.25) is 9.78 Å². The van der Waals surface area contributed by atoms with Crippen molar-refractivity contribution in [3.8, 4) is 5.75 Å². The smallest absolute Gasteiger partial charge is 0.161 e. The molecule has 2 aromatic rings. The van der Waals surface area contributed by atoms with E-state index in [0.717, 1.165) is 0 Å². The van der Waals surface area contributed by atoms with E-state index < -0.39 is 6.04 Å². The van der Waals surface area contributed by atoms with Gasteiger partial charge < -0.3 is 15.5 Å². The molecular formula is C17H17ClN2O3. The molecular weight excluding hydrogens is 316 g/mol. The first-order valence-corrected chi connectivity index (χ1v) is 7.34. The Bertz CT molecular complexity index is 741. The number of hydrogen-bond donors (Lipinski definition) is 3. The van der Waals surface area contributed by atoms with E-state index in [1.54, 1.807) is 30.5 Å². The van der Waals surface area contributed by atoms with Crippen molar-refractivity contribution < 1.29 is 15.0 Å². The number of aromatic nitrogens is 1. The Morgan fingerprint density at radius 1 is 1.26 bits per heavy atom. The van der Waals surface area contributed by atoms with Crippen LogP contribution in [0.1, 0.15) is 25.6 Å². The summed E-state index contributed by atoms with van der Waals surface area (Å²) in [7, 11) is 0. The highest BCUT2D eigenvalue weighted by atomic mass is 35.5. The highest BCUT2D eigenvalue weighted by molar-refractivity contribution is 6.30. The molecule has 0 saturated heterocycles. The van der Waals surface area contributed by atoms with Crippen molar-refractivity contribution in [2.75, 3.05) is 5.32 Å². The van der Waals surface area contributed by atoms with Gasteiger partial charge in [-0.05, 0) is 44.2 Å². The number of phenols is 1. The summed E-state index contributed by atoms with van der Waals surface area (Å²) in [5.74, 6) is -0.425. The van der Waals surface area contributed by atoms with Crippen LogP contribution in [-0.2, 0) is 4.79 Å². The topological polar surface area (TPSA) is 82.5 Å². The molecule has 0 radical (unpaired) electrons. The van der Waals surface area contributed by atoms with Crippen molar-refractivity contribution in [2.45, 2.75) is 19.9 Å². The van der Waals surface area contributed by atoms with Gasteiger partial charge in [0.2, 0.25) is 0 Å². The molecule has 5 nitrogen and oxygen atoms in total. The molecule has 120 valence electrons. The minimum absolute atomic E-state index is 0.0196. The zero-order valence-electron chi connectivity index (χ0n) is 12.7. The number of aliphatic hydroxyl groups excluding tert-OH is 1. The second kappa shape index (κ2) is 7.15. The second-order valence-electron chi connectivity index (χ2n) is 5.05. The molecule has 0 saturated carbocycles. The minimum atomic E-state index is -0.719. The Labute approximate surface area is 139 Å². The first-order chi connectivity index (χ1) is 10.9. The van der Waals surface area contributed by atoms with Crippen LogP contribution in [0.25, 0.3) is 0 Å². The monoisotopic (exact) mass is 332 g/mol. The van der Waals surface area contributed by atoms with E-state index >= 15 is 0 Å². The molecule has 0 spiro atoms. The number of nitrogens with one attached hydrogen (secondary N) is 1. The molecule has 3 N–H and O–H groups in total. The van der Waals surface area contributed by atoms with Gasteiger partial charge >= 0.3 is 0 Å². The van der Waals surface area contributed by atoms with Crippen LogP contribution in [0.5, 0.6) is 5.75 Å². The average molecular weight is 333 g/mol. The Morgan fingerprint density at radius 2 is 2.00 bits per heavy atom. The SMILES string of the molecule is CC(=O)C(=C(C)O)[C@@H](Nc1cc(Cl)ccc1O)c1ccccn1. The number of carbonyl (C=O) groups excluding carboxylic acids is 1. The summed E-state index contributed by atoms with van der Waals surface area (Å²) in [5, 5.41) is 23.4. The highest BCUT2D eigenvalue weighted by Crippen LogP contribution is 2.33. The van der Waals surface area contributed by atoms with Gasteiger partial charge in [-0.15, -0.1) is 0 Å². The van der Waals surface area contributed by atoms with Crippen LogP contribution in [0, 0.1) is 0 Å². The third-order valence-corrected chi connectivity index (χ3v) is 3.53. The van der Waals surface area contributed by atoms with E-state index in [0.29, 0.717) is 16.4 Å². The van der Waals surface area contributed by atoms with Crippen molar-refractivity contribution in [3.05, 3.63) is 64.6 Å². The summed E-state index contributed by atoms with van der Waals surface area (Å²) in [6.45, 7) is 2.80. The molecule has 1 aromatic carbocycles. The summed E-state index contributed by atoms with van der Waals surface area (Å²) in [6, 6.07) is 9.07. The number of pyridine rings is 1. The quantitative estimate of drug-likeness (QED) is 0.437. The van der Waals surface area contributed by atoms with Crippen LogP contribution in [0.3, 0.4) is 0 Å². The minimum Gasteiger partial charge on any atom is -0.512 e. The first-order valence-electron chi connectivity index (χ1n) is 6.96. The number of phenolic OH excluding ortho intramolecular Hbond substituents is 1. The normalized spacial score (nSPS) is 13.2. The molecule has 23 heavy (non-hydrogen) atoms. The maximum absolute atomic E-state index is 12.0. The van der Waals surface area contributed by atoms with Crippen molar-refractivity contribution in [3.63, 3.8) is 0 Å². The number of rotatable bonds is 5. The number of allylic oxidation sites excluding steroid dienone is 1. The zero-order chi connectivity index (χ0) is 17.0. The molecule has 0 amide bonds. The fraction of sp³-hybridized carbons (Fsp3) is 0.176. The standard InChI is InChI=1S/C17H17ClN2O3/c1-10(21)16(11(2)22)17(13-5-3-4-8-19-13)20-14-9-12(18)6-7-15(14)23/h3-9,17,20-21,23H,1-2H3/t17-/m0/s1. The molecule has 0 unspecified atom stereocenters. The summed E-state index contributed by atoms with van der Waals surface area (Å²) in [4.78, 5) is 16.2. The predicted octanol–water partition coefficient (Wildman–Crippen LogP) is 4.01. The van der Waals surface area contributed by atoms with E-state index in [9.17, 15) is 15.0 Å². The average Bonchev–Trinajstić information content (AvgIpc) is 2.50. The lowest BCUT2D eigenvalue weighted by molar-refractivity contribution is -0.114. The number of Topliss-reactive ketones (excluding diaryl/α,β-unsaturated/α-hetero) is 1. The summed E-state index contributed by atoms with van der Waals surface area (Å²) in [5.41, 5.74) is 1.04. The molecule has 0 fully saturated rings. The molecule has 0 aliphatic rings. The number of aliphatic hydroxyl groups is 1. The largest absolute Gasteiger partial charge is 0.512 e. The Balaban J connectivity index is 2.52. The van der Waals surface area contributed by atoms with Crippen molar-refractivity contribution in [2.24, 2.45) is 0 Å². The van der Waals surface area contributed by atoms with Gasteiger partial charge in [0.25, 0.3) is 0 Å². The maximum atomic E-state index is 12.0. The van der Waals surface area contributed by atoms with Crippen LogP contribution in [-0.4, -0.2) is 21.0 Å². The fourth-order valence-electron chi connectivity index (χ4n) is 2.29. The van der Waals surface area contributed by atoms with E-state index in [4.69, 9.17) is 11.6 Å². The first kappa shape index (κ1) is 16.8. The predicted molar refractivity (Wildman–Crippen MR) is 89.7 cm³/mol. The van der Waals surface area contributed by atoms with Crippen LogP contribution >= 0.6 is 11.6 Å². The van der Waals surface area contributed by atoms with Gasteiger partial charge in [-0.1, -0.05) is 17.7 Å². The molecule has 0 aliphatic heterocycles. The van der Waals surface area contributed by atoms with E-state index in [2.05, 4.69) is 10.3 Å². The molecule has 1 heterocycles. The number of hydrogen-bond acceptors (Lipinski definition) is 5. The van der Waals surface area contributed by atoms with E-state index in [1.807, 2.05) is 0 Å². The van der Waals surface area contributed by atoms with Gasteiger partial charge in [0, 0.05) is 11.2 Å². The molecule has 2 rings (SSSR count). The Morgan fingerprint density at radius 3 is 2.57 bits per heavy atom. The summed E-state index contributed by atoms with van der Waals surface area (Å²) < 4.78 is 0. The number of ketones is 1.